The number of aliphatic hydroxyl groups is 1. The van der Waals surface area contributed by atoms with Crippen LogP contribution in [0.15, 0.2) is 24.5 Å². The van der Waals surface area contributed by atoms with Gasteiger partial charge in [0.05, 0.1) is 6.10 Å². The molecule has 1 aromatic rings. The lowest BCUT2D eigenvalue weighted by Gasteiger charge is -2.07. The predicted molar refractivity (Wildman–Crippen MR) is 71.3 cm³/mol. The van der Waals surface area contributed by atoms with Crippen LogP contribution in [0.4, 0.5) is 0 Å². The number of nitrogens with zero attached hydrogens (tertiary/aromatic N) is 1. The highest BCUT2D eigenvalue weighted by molar-refractivity contribution is 7.17. The molecule has 1 heterocycles. The zero-order valence-electron chi connectivity index (χ0n) is 10.6. The maximum Gasteiger partial charge on any atom is 0.321 e. The molecule has 0 bridgehead atoms. The van der Waals surface area contributed by atoms with Crippen molar-refractivity contribution in [3.63, 3.8) is 0 Å². The molecule has 0 spiro atoms. The number of carbonyl (C=O) groups is 1. The number of pyridine rings is 1. The summed E-state index contributed by atoms with van der Waals surface area (Å²) in [5.41, 5.74) is 0.629. The molecule has 0 fully saturated rings. The third-order valence-corrected chi connectivity index (χ3v) is 2.07. The van der Waals surface area contributed by atoms with Crippen LogP contribution in [0.5, 0.6) is 0 Å². The summed E-state index contributed by atoms with van der Waals surface area (Å²) in [4.78, 5) is 14.5. The Morgan fingerprint density at radius 1 is 1.58 bits per heavy atom. The molecule has 0 aliphatic carbocycles. The zero-order valence-corrected chi connectivity index (χ0v) is 11.8. The van der Waals surface area contributed by atoms with Crippen LogP contribution >= 0.6 is 8.69 Å². The molecule has 104 valence electrons. The average Bonchev–Trinajstić information content (AvgIpc) is 2.39. The number of rotatable bonds is 3. The molecule has 6 nitrogen and oxygen atoms in total. The van der Waals surface area contributed by atoms with E-state index in [0.717, 1.165) is 0 Å². The summed E-state index contributed by atoms with van der Waals surface area (Å²) in [6.45, 7) is 1.40. The predicted octanol–water partition coefficient (Wildman–Crippen LogP) is 0.819. The minimum absolute atomic E-state index is 0.629. The number of aromatic nitrogens is 1. The van der Waals surface area contributed by atoms with Crippen molar-refractivity contribution in [2.45, 2.75) is 13.0 Å². The second-order valence-corrected chi connectivity index (χ2v) is 4.06. The number of hydrogen-bond acceptors (Lipinski definition) is 5. The zero-order chi connectivity index (χ0) is 14.7. The average molecular weight is 285 g/mol. The van der Waals surface area contributed by atoms with Gasteiger partial charge in [-0.05, 0) is 19.1 Å². The van der Waals surface area contributed by atoms with Crippen molar-refractivity contribution in [3.05, 3.63) is 30.1 Å². The summed E-state index contributed by atoms with van der Waals surface area (Å²) in [6, 6.07) is 3.43. The fourth-order valence-corrected chi connectivity index (χ4v) is 0.986. The molecule has 3 atom stereocenters. The van der Waals surface area contributed by atoms with Crippen LogP contribution in [0.25, 0.3) is 0 Å². The van der Waals surface area contributed by atoms with Gasteiger partial charge in [0.2, 0.25) is 0 Å². The van der Waals surface area contributed by atoms with Crippen molar-refractivity contribution in [3.8, 4) is 11.8 Å². The molecular formula is C12H16NO5P. The molecular weight excluding hydrogens is 269 g/mol. The summed E-state index contributed by atoms with van der Waals surface area (Å²) in [6.07, 6.45) is 2.15. The van der Waals surface area contributed by atoms with E-state index in [-0.39, 0.29) is 0 Å². The van der Waals surface area contributed by atoms with Crippen molar-refractivity contribution in [2.24, 2.45) is 5.92 Å². The van der Waals surface area contributed by atoms with Crippen LogP contribution in [0, 0.1) is 17.8 Å². The quantitative estimate of drug-likeness (QED) is 0.630. The Bertz CT molecular complexity index is 452. The van der Waals surface area contributed by atoms with Crippen molar-refractivity contribution in [1.82, 2.24) is 4.98 Å². The van der Waals surface area contributed by atoms with Crippen molar-refractivity contribution < 1.29 is 24.1 Å². The van der Waals surface area contributed by atoms with E-state index in [2.05, 4.69) is 21.3 Å². The van der Waals surface area contributed by atoms with Crippen LogP contribution in [0.1, 0.15) is 12.5 Å². The second kappa shape index (κ2) is 10.3. The molecule has 0 saturated heterocycles. The number of hydrogen-bond donors (Lipinski definition) is 2. The van der Waals surface area contributed by atoms with Gasteiger partial charge in [-0.1, -0.05) is 11.8 Å². The summed E-state index contributed by atoms with van der Waals surface area (Å²) in [5.74, 6) is 2.96. The van der Waals surface area contributed by atoms with E-state index in [9.17, 15) is 4.79 Å². The topological polar surface area (TPSA) is 96.7 Å². The molecule has 0 aromatic carbocycles. The molecule has 0 saturated carbocycles. The van der Waals surface area contributed by atoms with Crippen molar-refractivity contribution in [1.29, 1.82) is 0 Å². The first-order valence-electron chi connectivity index (χ1n) is 5.31. The third kappa shape index (κ3) is 8.11. The van der Waals surface area contributed by atoms with E-state index in [4.69, 9.17) is 14.8 Å². The molecule has 0 amide bonds. The van der Waals surface area contributed by atoms with Gasteiger partial charge in [0.15, 0.2) is 8.69 Å². The van der Waals surface area contributed by atoms with E-state index in [1.54, 1.807) is 18.3 Å². The fraction of sp³-hybridized carbons (Fsp3) is 0.333. The maximum atomic E-state index is 10.7. The smallest absolute Gasteiger partial charge is 0.321 e. The lowest BCUT2D eigenvalue weighted by atomic mass is 10.0. The molecule has 0 radical (unpaired) electrons. The largest absolute Gasteiger partial charge is 0.480 e. The van der Waals surface area contributed by atoms with Crippen LogP contribution in [-0.4, -0.2) is 34.4 Å². The minimum Gasteiger partial charge on any atom is -0.480 e. The summed E-state index contributed by atoms with van der Waals surface area (Å²) in [5, 5.41) is 17.9. The molecule has 7 heteroatoms. The van der Waals surface area contributed by atoms with Gasteiger partial charge in [-0.3, -0.25) is 14.3 Å². The Labute approximate surface area is 112 Å². The van der Waals surface area contributed by atoms with Gasteiger partial charge in [0.25, 0.3) is 0 Å². The summed E-state index contributed by atoms with van der Waals surface area (Å²) >= 11 is 0. The Morgan fingerprint density at radius 3 is 2.58 bits per heavy atom. The van der Waals surface area contributed by atoms with Gasteiger partial charge in [0, 0.05) is 25.1 Å². The first kappa shape index (κ1) is 17.3. The molecule has 1 aromatic heterocycles. The normalized spacial score (nSPS) is 12.8. The first-order chi connectivity index (χ1) is 9.02. The van der Waals surface area contributed by atoms with E-state index in [1.807, 2.05) is 0 Å². The van der Waals surface area contributed by atoms with Crippen LogP contribution in [0.3, 0.4) is 0 Å². The molecule has 1 rings (SSSR count). The van der Waals surface area contributed by atoms with Crippen LogP contribution in [-0.2, 0) is 13.9 Å². The molecule has 19 heavy (non-hydrogen) atoms. The Morgan fingerprint density at radius 2 is 2.21 bits per heavy atom. The van der Waals surface area contributed by atoms with Gasteiger partial charge in [-0.2, -0.15) is 0 Å². The Kier molecular flexibility index (Phi) is 9.37. The third-order valence-electron chi connectivity index (χ3n) is 1.88. The first-order valence-corrected chi connectivity index (χ1v) is 6.26. The van der Waals surface area contributed by atoms with Crippen LogP contribution < -0.4 is 0 Å². The van der Waals surface area contributed by atoms with Crippen molar-refractivity contribution in [2.75, 3.05) is 7.11 Å². The maximum absolute atomic E-state index is 10.7. The summed E-state index contributed by atoms with van der Waals surface area (Å²) < 4.78 is 13.2. The van der Waals surface area contributed by atoms with Crippen molar-refractivity contribution >= 4 is 14.7 Å². The van der Waals surface area contributed by atoms with Gasteiger partial charge in [-0.15, -0.1) is 0 Å². The highest BCUT2D eigenvalue weighted by atomic mass is 31.1. The lowest BCUT2D eigenvalue weighted by molar-refractivity contribution is -0.142. The highest BCUT2D eigenvalue weighted by Crippen LogP contribution is 2.02. The van der Waals surface area contributed by atoms with E-state index >= 15 is 0 Å². The van der Waals surface area contributed by atoms with Gasteiger partial charge < -0.3 is 14.7 Å². The second-order valence-electron chi connectivity index (χ2n) is 3.40. The van der Waals surface area contributed by atoms with Gasteiger partial charge >= 0.3 is 5.97 Å². The lowest BCUT2D eigenvalue weighted by Crippen LogP contribution is -2.23. The fourth-order valence-electron chi connectivity index (χ4n) is 0.986. The number of carboxylic acids is 1. The van der Waals surface area contributed by atoms with E-state index in [1.165, 1.54) is 20.2 Å². The number of aliphatic hydroxyl groups excluding tert-OH is 1. The SMILES string of the molecule is CC(O)C(C#Cc1cccnc1)C(=O)O.CO[PH2]=O. The minimum atomic E-state index is -1.12. The monoisotopic (exact) mass is 285 g/mol. The molecule has 2 N–H and O–H groups in total. The van der Waals surface area contributed by atoms with E-state index in [0.29, 0.717) is 5.56 Å². The molecule has 3 unspecified atom stereocenters. The molecule has 0 aliphatic heterocycles. The Balaban J connectivity index is 0.000000711. The number of aliphatic carboxylic acids is 1. The van der Waals surface area contributed by atoms with Crippen LogP contribution in [0.2, 0.25) is 0 Å². The van der Waals surface area contributed by atoms with E-state index < -0.39 is 26.7 Å². The number of carboxylic acid groups (broad SMARTS) is 1. The highest BCUT2D eigenvalue weighted by Gasteiger charge is 2.19. The Hall–Kier alpha value is -1.67. The molecule has 0 aliphatic rings. The van der Waals surface area contributed by atoms with Gasteiger partial charge in [0.1, 0.15) is 5.92 Å². The summed E-state index contributed by atoms with van der Waals surface area (Å²) in [7, 11) is 0.437. The standard InChI is InChI=1S/C11H11NO3.CH5O2P/c1-8(13)10(11(14)15)5-4-9-3-2-6-12-7-9;1-3-4-2/h2-3,6-8,10,13H,1H3,(H,14,15);4H2,1H3. The van der Waals surface area contributed by atoms with Gasteiger partial charge in [-0.25, -0.2) is 0 Å².